The largest absolute Gasteiger partial charge is 0.493 e. The minimum Gasteiger partial charge on any atom is -0.493 e. The minimum absolute atomic E-state index is 0.199. The van der Waals surface area contributed by atoms with Crippen LogP contribution in [0, 0.1) is 0 Å². The molecule has 118 valence electrons. The number of carbonyl (C=O) groups excluding carboxylic acids is 1. The topological polar surface area (TPSA) is 44.8 Å². The number of rotatable bonds is 11. The zero-order chi connectivity index (χ0) is 15.5. The molecule has 0 heterocycles. The highest BCUT2D eigenvalue weighted by atomic mass is 16.7. The van der Waals surface area contributed by atoms with Gasteiger partial charge in [-0.15, -0.1) is 0 Å². The van der Waals surface area contributed by atoms with E-state index in [1.165, 1.54) is 0 Å². The molecule has 0 radical (unpaired) electrons. The van der Waals surface area contributed by atoms with Gasteiger partial charge in [0.05, 0.1) is 6.61 Å². The van der Waals surface area contributed by atoms with E-state index in [0.717, 1.165) is 17.7 Å². The fourth-order valence-electron chi connectivity index (χ4n) is 1.93. The summed E-state index contributed by atoms with van der Waals surface area (Å²) in [7, 11) is 0. The van der Waals surface area contributed by atoms with E-state index in [9.17, 15) is 4.79 Å². The molecule has 0 saturated heterocycles. The van der Waals surface area contributed by atoms with Crippen LogP contribution < -0.4 is 4.74 Å². The Morgan fingerprint density at radius 1 is 1.10 bits per heavy atom. The van der Waals surface area contributed by atoms with Gasteiger partial charge in [0.2, 0.25) is 0 Å². The van der Waals surface area contributed by atoms with Gasteiger partial charge in [-0.2, -0.15) is 0 Å². The van der Waals surface area contributed by atoms with Crippen molar-refractivity contribution in [3.05, 3.63) is 29.8 Å². The number of hydrogen-bond donors (Lipinski definition) is 0. The summed E-state index contributed by atoms with van der Waals surface area (Å²) in [5.41, 5.74) is 1.15. The van der Waals surface area contributed by atoms with Crippen LogP contribution >= 0.6 is 0 Å². The zero-order valence-electron chi connectivity index (χ0n) is 13.3. The molecule has 4 heteroatoms. The summed E-state index contributed by atoms with van der Waals surface area (Å²) in [6, 6.07) is 7.87. The van der Waals surface area contributed by atoms with E-state index >= 15 is 0 Å². The average molecular weight is 294 g/mol. The molecule has 0 amide bonds. The summed E-state index contributed by atoms with van der Waals surface area (Å²) in [6.07, 6.45) is 1.87. The second-order valence-electron chi connectivity index (χ2n) is 4.82. The van der Waals surface area contributed by atoms with E-state index in [2.05, 4.69) is 0 Å². The zero-order valence-corrected chi connectivity index (χ0v) is 13.3. The molecule has 1 aromatic rings. The second-order valence-corrected chi connectivity index (χ2v) is 4.82. The summed E-state index contributed by atoms with van der Waals surface area (Å²) >= 11 is 0. The molecule has 1 rings (SSSR count). The minimum atomic E-state index is -0.199. The molecule has 0 spiro atoms. The van der Waals surface area contributed by atoms with Gasteiger partial charge in [0.25, 0.3) is 0 Å². The van der Waals surface area contributed by atoms with Gasteiger partial charge in [-0.25, -0.2) is 0 Å². The number of benzene rings is 1. The molecule has 1 aromatic carbocycles. The summed E-state index contributed by atoms with van der Waals surface area (Å²) in [6.45, 7) is 7.34. The Balaban J connectivity index is 2.33. The number of carbonyl (C=O) groups is 1. The van der Waals surface area contributed by atoms with Crippen molar-refractivity contribution in [1.29, 1.82) is 0 Å². The maximum atomic E-state index is 10.9. The molecule has 0 N–H and O–H groups in total. The number of hydrogen-bond acceptors (Lipinski definition) is 4. The third-order valence-corrected chi connectivity index (χ3v) is 3.02. The predicted octanol–water partition coefficient (Wildman–Crippen LogP) is 3.38. The SMILES string of the molecule is CCOC(CCOc1ccc(CCC(C)=O)cc1)OCC. The van der Waals surface area contributed by atoms with Crippen LogP contribution in [0.3, 0.4) is 0 Å². The highest BCUT2D eigenvalue weighted by Gasteiger charge is 2.07. The maximum Gasteiger partial charge on any atom is 0.160 e. The first-order valence-corrected chi connectivity index (χ1v) is 7.60. The fraction of sp³-hybridized carbons (Fsp3) is 0.588. The molecule has 0 aromatic heterocycles. The van der Waals surface area contributed by atoms with Gasteiger partial charge in [0.15, 0.2) is 6.29 Å². The molecule has 0 saturated carbocycles. The van der Waals surface area contributed by atoms with Crippen LogP contribution in [0.5, 0.6) is 5.75 Å². The Kier molecular flexibility index (Phi) is 8.71. The van der Waals surface area contributed by atoms with E-state index in [0.29, 0.717) is 32.7 Å². The Bertz CT molecular complexity index is 394. The molecule has 0 bridgehead atoms. The molecule has 0 aliphatic carbocycles. The third-order valence-electron chi connectivity index (χ3n) is 3.02. The van der Waals surface area contributed by atoms with Crippen LogP contribution in [-0.4, -0.2) is 31.9 Å². The number of Topliss-reactive ketones (excluding diaryl/α,β-unsaturated/α-hetero) is 1. The molecule has 0 fully saturated rings. The average Bonchev–Trinajstić information content (AvgIpc) is 2.47. The molecule has 0 atom stereocenters. The van der Waals surface area contributed by atoms with Crippen LogP contribution in [0.1, 0.15) is 39.2 Å². The monoisotopic (exact) mass is 294 g/mol. The van der Waals surface area contributed by atoms with Crippen LogP contribution in [0.25, 0.3) is 0 Å². The lowest BCUT2D eigenvalue weighted by Gasteiger charge is -2.17. The Hall–Kier alpha value is -1.39. The first-order chi connectivity index (χ1) is 10.2. The van der Waals surface area contributed by atoms with E-state index in [-0.39, 0.29) is 12.1 Å². The fourth-order valence-corrected chi connectivity index (χ4v) is 1.93. The van der Waals surface area contributed by atoms with Crippen molar-refractivity contribution < 1.29 is 19.0 Å². The van der Waals surface area contributed by atoms with Gasteiger partial charge < -0.3 is 19.0 Å². The standard InChI is InChI=1S/C17H26O4/c1-4-19-17(20-5-2)12-13-21-16-10-8-15(9-11-16)7-6-14(3)18/h8-11,17H,4-7,12-13H2,1-3H3. The molecule has 0 aliphatic rings. The highest BCUT2D eigenvalue weighted by molar-refractivity contribution is 5.75. The van der Waals surface area contributed by atoms with Gasteiger partial charge >= 0.3 is 0 Å². The predicted molar refractivity (Wildman–Crippen MR) is 82.6 cm³/mol. The van der Waals surface area contributed by atoms with E-state index in [4.69, 9.17) is 14.2 Å². The van der Waals surface area contributed by atoms with Crippen molar-refractivity contribution in [1.82, 2.24) is 0 Å². The normalized spacial score (nSPS) is 10.9. The van der Waals surface area contributed by atoms with Crippen molar-refractivity contribution >= 4 is 5.78 Å². The Morgan fingerprint density at radius 3 is 2.24 bits per heavy atom. The summed E-state index contributed by atoms with van der Waals surface area (Å²) in [5, 5.41) is 0. The molecule has 4 nitrogen and oxygen atoms in total. The maximum absolute atomic E-state index is 10.9. The molecular weight excluding hydrogens is 268 g/mol. The van der Waals surface area contributed by atoms with Gasteiger partial charge in [-0.1, -0.05) is 12.1 Å². The lowest BCUT2D eigenvalue weighted by atomic mass is 10.1. The highest BCUT2D eigenvalue weighted by Crippen LogP contribution is 2.14. The van der Waals surface area contributed by atoms with Crippen LogP contribution in [0.4, 0.5) is 0 Å². The summed E-state index contributed by atoms with van der Waals surface area (Å²) in [5.74, 6) is 1.04. The number of ether oxygens (including phenoxy) is 3. The van der Waals surface area contributed by atoms with E-state index in [1.807, 2.05) is 38.1 Å². The number of ketones is 1. The first-order valence-electron chi connectivity index (χ1n) is 7.60. The van der Waals surface area contributed by atoms with E-state index < -0.39 is 0 Å². The van der Waals surface area contributed by atoms with Gasteiger partial charge in [0.1, 0.15) is 11.5 Å². The third kappa shape index (κ3) is 7.83. The Labute approximate surface area is 127 Å². The van der Waals surface area contributed by atoms with E-state index in [1.54, 1.807) is 6.92 Å². The summed E-state index contributed by atoms with van der Waals surface area (Å²) in [4.78, 5) is 10.9. The second kappa shape index (κ2) is 10.4. The lowest BCUT2D eigenvalue weighted by molar-refractivity contribution is -0.142. The lowest BCUT2D eigenvalue weighted by Crippen LogP contribution is -2.20. The van der Waals surface area contributed by atoms with Crippen molar-refractivity contribution in [3.8, 4) is 5.75 Å². The molecule has 21 heavy (non-hydrogen) atoms. The van der Waals surface area contributed by atoms with Crippen molar-refractivity contribution in [2.45, 2.75) is 46.3 Å². The molecule has 0 aliphatic heterocycles. The van der Waals surface area contributed by atoms with Gasteiger partial charge in [0, 0.05) is 26.1 Å². The molecular formula is C17H26O4. The van der Waals surface area contributed by atoms with Crippen molar-refractivity contribution in [3.63, 3.8) is 0 Å². The van der Waals surface area contributed by atoms with Crippen molar-refractivity contribution in [2.75, 3.05) is 19.8 Å². The van der Waals surface area contributed by atoms with Gasteiger partial charge in [-0.05, 0) is 44.9 Å². The number of aryl methyl sites for hydroxylation is 1. The van der Waals surface area contributed by atoms with Crippen LogP contribution in [0.2, 0.25) is 0 Å². The Morgan fingerprint density at radius 2 is 1.71 bits per heavy atom. The van der Waals surface area contributed by atoms with Crippen molar-refractivity contribution in [2.24, 2.45) is 0 Å². The molecule has 0 unspecified atom stereocenters. The van der Waals surface area contributed by atoms with Crippen LogP contribution in [-0.2, 0) is 20.7 Å². The van der Waals surface area contributed by atoms with Gasteiger partial charge in [-0.3, -0.25) is 0 Å². The quantitative estimate of drug-likeness (QED) is 0.587. The smallest absolute Gasteiger partial charge is 0.160 e. The first kappa shape index (κ1) is 17.7. The summed E-state index contributed by atoms with van der Waals surface area (Å²) < 4.78 is 16.6. The van der Waals surface area contributed by atoms with Crippen LogP contribution in [0.15, 0.2) is 24.3 Å².